The highest BCUT2D eigenvalue weighted by molar-refractivity contribution is 7.98. The van der Waals surface area contributed by atoms with Gasteiger partial charge in [0.1, 0.15) is 0 Å². The first-order chi connectivity index (χ1) is 6.74. The van der Waals surface area contributed by atoms with Gasteiger partial charge in [-0.05, 0) is 32.2 Å². The minimum Gasteiger partial charge on any atom is -0.381 e. The van der Waals surface area contributed by atoms with Gasteiger partial charge in [0, 0.05) is 17.1 Å². The quantitative estimate of drug-likeness (QED) is 0.595. The monoisotopic (exact) mass is 207 g/mol. The van der Waals surface area contributed by atoms with Crippen LogP contribution in [-0.2, 0) is 0 Å². The molecule has 0 bridgehead atoms. The van der Waals surface area contributed by atoms with Crippen molar-refractivity contribution in [2.24, 2.45) is 0 Å². The molecule has 0 saturated carbocycles. The summed E-state index contributed by atoms with van der Waals surface area (Å²) in [5.74, 6) is 0. The molecule has 0 aliphatic carbocycles. The number of allylic oxidation sites excluding steroid dienone is 1. The minimum atomic E-state index is 0.903. The molecule has 0 aromatic heterocycles. The molecule has 1 aromatic carbocycles. The molecular formula is C12H17NS. The fraction of sp³-hybridized carbons (Fsp3) is 0.333. The zero-order chi connectivity index (χ0) is 10.4. The second kappa shape index (κ2) is 5.76. The summed E-state index contributed by atoms with van der Waals surface area (Å²) in [4.78, 5) is 1.30. The van der Waals surface area contributed by atoms with E-state index < -0.39 is 0 Å². The molecule has 0 aliphatic rings. The first-order valence-corrected chi connectivity index (χ1v) is 5.96. The van der Waals surface area contributed by atoms with Crippen LogP contribution in [0.1, 0.15) is 13.8 Å². The maximum atomic E-state index is 3.40. The van der Waals surface area contributed by atoms with Crippen LogP contribution in [0, 0.1) is 0 Å². The average molecular weight is 207 g/mol. The summed E-state index contributed by atoms with van der Waals surface area (Å²) in [6, 6.07) is 8.38. The number of hydrogen-bond donors (Lipinski definition) is 1. The number of thioether (sulfide) groups is 1. The van der Waals surface area contributed by atoms with Crippen LogP contribution in [0.4, 0.5) is 5.69 Å². The Morgan fingerprint density at radius 3 is 2.71 bits per heavy atom. The Kier molecular flexibility index (Phi) is 4.60. The van der Waals surface area contributed by atoms with Gasteiger partial charge in [0.25, 0.3) is 0 Å². The van der Waals surface area contributed by atoms with Gasteiger partial charge in [0.05, 0.1) is 0 Å². The van der Waals surface area contributed by atoms with E-state index in [1.54, 1.807) is 11.8 Å². The number of benzene rings is 1. The Labute approximate surface area is 90.6 Å². The van der Waals surface area contributed by atoms with Crippen molar-refractivity contribution in [1.82, 2.24) is 0 Å². The van der Waals surface area contributed by atoms with E-state index >= 15 is 0 Å². The Morgan fingerprint density at radius 2 is 2.07 bits per heavy atom. The summed E-state index contributed by atoms with van der Waals surface area (Å²) in [7, 11) is 0. The average Bonchev–Trinajstić information content (AvgIpc) is 2.18. The number of hydrogen-bond acceptors (Lipinski definition) is 2. The third-order valence-electron chi connectivity index (χ3n) is 1.91. The molecule has 1 rings (SSSR count). The van der Waals surface area contributed by atoms with Crippen molar-refractivity contribution >= 4 is 17.4 Å². The molecule has 0 aliphatic heterocycles. The second-order valence-corrected chi connectivity index (χ2v) is 4.21. The number of rotatable bonds is 4. The molecule has 1 N–H and O–H groups in total. The van der Waals surface area contributed by atoms with Gasteiger partial charge >= 0.3 is 0 Å². The van der Waals surface area contributed by atoms with Gasteiger partial charge in [0.15, 0.2) is 0 Å². The highest BCUT2D eigenvalue weighted by atomic mass is 32.2. The van der Waals surface area contributed by atoms with Crippen LogP contribution in [0.25, 0.3) is 0 Å². The summed E-state index contributed by atoms with van der Waals surface area (Å²) in [5, 5.41) is 3.40. The van der Waals surface area contributed by atoms with Crippen molar-refractivity contribution in [3.05, 3.63) is 35.9 Å². The summed E-state index contributed by atoms with van der Waals surface area (Å²) < 4.78 is 0. The standard InChI is InChI=1S/C12H17NS/c1-10(2)8-9-13-11-6-4-5-7-12(11)14-3/h4-8,13H,9H2,1-3H3. The lowest BCUT2D eigenvalue weighted by molar-refractivity contribution is 1.24. The SMILES string of the molecule is CSc1ccccc1NCC=C(C)C. The number of anilines is 1. The highest BCUT2D eigenvalue weighted by Gasteiger charge is 1.96. The first kappa shape index (κ1) is 11.2. The molecule has 14 heavy (non-hydrogen) atoms. The molecule has 0 saturated heterocycles. The Hall–Kier alpha value is -0.890. The lowest BCUT2D eigenvalue weighted by Crippen LogP contribution is -1.99. The van der Waals surface area contributed by atoms with Gasteiger partial charge in [-0.15, -0.1) is 11.8 Å². The van der Waals surface area contributed by atoms with E-state index in [1.165, 1.54) is 16.2 Å². The van der Waals surface area contributed by atoms with E-state index in [0.717, 1.165) is 6.54 Å². The van der Waals surface area contributed by atoms with E-state index in [1.807, 2.05) is 0 Å². The molecule has 0 atom stereocenters. The van der Waals surface area contributed by atoms with Gasteiger partial charge in [-0.3, -0.25) is 0 Å². The lowest BCUT2D eigenvalue weighted by atomic mass is 10.3. The van der Waals surface area contributed by atoms with Crippen LogP contribution in [-0.4, -0.2) is 12.8 Å². The molecule has 0 spiro atoms. The van der Waals surface area contributed by atoms with Crippen LogP contribution in [0.5, 0.6) is 0 Å². The van der Waals surface area contributed by atoms with Crippen molar-refractivity contribution in [2.75, 3.05) is 18.1 Å². The molecule has 2 heteroatoms. The minimum absolute atomic E-state index is 0.903. The Morgan fingerprint density at radius 1 is 1.36 bits per heavy atom. The summed E-state index contributed by atoms with van der Waals surface area (Å²) in [6.45, 7) is 5.13. The van der Waals surface area contributed by atoms with Crippen molar-refractivity contribution in [3.8, 4) is 0 Å². The van der Waals surface area contributed by atoms with Crippen LogP contribution < -0.4 is 5.32 Å². The maximum absolute atomic E-state index is 3.40. The van der Waals surface area contributed by atoms with Crippen LogP contribution in [0.2, 0.25) is 0 Å². The molecule has 0 radical (unpaired) electrons. The summed E-state index contributed by atoms with van der Waals surface area (Å²) in [5.41, 5.74) is 2.57. The number of nitrogens with one attached hydrogen (secondary N) is 1. The van der Waals surface area contributed by atoms with E-state index in [2.05, 4.69) is 55.8 Å². The van der Waals surface area contributed by atoms with Crippen LogP contribution in [0.15, 0.2) is 40.8 Å². The summed E-state index contributed by atoms with van der Waals surface area (Å²) >= 11 is 1.77. The summed E-state index contributed by atoms with van der Waals surface area (Å²) in [6.07, 6.45) is 4.29. The van der Waals surface area contributed by atoms with Crippen molar-refractivity contribution in [3.63, 3.8) is 0 Å². The van der Waals surface area contributed by atoms with Crippen LogP contribution >= 0.6 is 11.8 Å². The third-order valence-corrected chi connectivity index (χ3v) is 2.71. The zero-order valence-electron chi connectivity index (χ0n) is 9.00. The molecule has 76 valence electrons. The first-order valence-electron chi connectivity index (χ1n) is 4.74. The second-order valence-electron chi connectivity index (χ2n) is 3.36. The molecule has 0 heterocycles. The maximum Gasteiger partial charge on any atom is 0.0480 e. The lowest BCUT2D eigenvalue weighted by Gasteiger charge is -2.08. The van der Waals surface area contributed by atoms with E-state index in [-0.39, 0.29) is 0 Å². The van der Waals surface area contributed by atoms with Crippen molar-refractivity contribution < 1.29 is 0 Å². The van der Waals surface area contributed by atoms with Crippen molar-refractivity contribution in [2.45, 2.75) is 18.7 Å². The van der Waals surface area contributed by atoms with Gasteiger partial charge in [-0.1, -0.05) is 23.8 Å². The molecule has 0 unspecified atom stereocenters. The molecular weight excluding hydrogens is 190 g/mol. The topological polar surface area (TPSA) is 12.0 Å². The fourth-order valence-corrected chi connectivity index (χ4v) is 1.73. The largest absolute Gasteiger partial charge is 0.381 e. The molecule has 0 fully saturated rings. The smallest absolute Gasteiger partial charge is 0.0480 e. The highest BCUT2D eigenvalue weighted by Crippen LogP contribution is 2.24. The Bertz CT molecular complexity index is 314. The predicted molar refractivity (Wildman–Crippen MR) is 66.1 cm³/mol. The van der Waals surface area contributed by atoms with Gasteiger partial charge in [-0.2, -0.15) is 0 Å². The predicted octanol–water partition coefficient (Wildman–Crippen LogP) is 3.79. The fourth-order valence-electron chi connectivity index (χ4n) is 1.16. The third kappa shape index (κ3) is 3.46. The number of para-hydroxylation sites is 1. The molecule has 1 aromatic rings. The normalized spacial score (nSPS) is 9.64. The van der Waals surface area contributed by atoms with E-state index in [0.29, 0.717) is 0 Å². The molecule has 1 nitrogen and oxygen atoms in total. The van der Waals surface area contributed by atoms with Gasteiger partial charge in [0.2, 0.25) is 0 Å². The Balaban J connectivity index is 2.62. The van der Waals surface area contributed by atoms with Crippen LogP contribution in [0.3, 0.4) is 0 Å². The van der Waals surface area contributed by atoms with Gasteiger partial charge in [-0.25, -0.2) is 0 Å². The van der Waals surface area contributed by atoms with Crippen molar-refractivity contribution in [1.29, 1.82) is 0 Å². The molecule has 0 amide bonds. The van der Waals surface area contributed by atoms with Gasteiger partial charge < -0.3 is 5.32 Å². The zero-order valence-corrected chi connectivity index (χ0v) is 9.82. The van der Waals surface area contributed by atoms with E-state index in [9.17, 15) is 0 Å². The van der Waals surface area contributed by atoms with E-state index in [4.69, 9.17) is 0 Å².